The summed E-state index contributed by atoms with van der Waals surface area (Å²) in [6.45, 7) is 8.15. The Morgan fingerprint density at radius 3 is 2.40 bits per heavy atom. The van der Waals surface area contributed by atoms with Crippen LogP contribution in [0, 0.1) is 5.92 Å². The van der Waals surface area contributed by atoms with Gasteiger partial charge < -0.3 is 34.7 Å². The van der Waals surface area contributed by atoms with Crippen molar-refractivity contribution in [2.24, 2.45) is 5.92 Å². The monoisotopic (exact) mass is 724 g/mol. The minimum atomic E-state index is -0.655. The van der Waals surface area contributed by atoms with Gasteiger partial charge >= 0.3 is 0 Å². The molecule has 1 aliphatic carbocycles. The van der Waals surface area contributed by atoms with E-state index in [0.717, 1.165) is 11.1 Å². The summed E-state index contributed by atoms with van der Waals surface area (Å²) >= 11 is 0. The minimum Gasteiger partial charge on any atom is -0.493 e. The average Bonchev–Trinajstić information content (AvgIpc) is 3.40. The van der Waals surface area contributed by atoms with E-state index in [2.05, 4.69) is 25.5 Å². The second-order valence-electron chi connectivity index (χ2n) is 13.7. The number of ether oxygens (including phenoxy) is 3. The Morgan fingerprint density at radius 2 is 1.72 bits per heavy atom. The standard InChI is InChI=1S/C40H48N6O7/c1-7-23(2)36(40(50)46-18-16-45(17-19-46)22-34-42-29-11-9-8-10-27(29)39(49)44-34)43-31-15-13-26-28(21-32(31)48)30(41-24(3)47)14-12-25-20-33(51-4)37(52-5)38(53-6)35(25)26/h8-11,13,15,20-21,23,30,36H,7,12,14,16-19,22H2,1-6H3,(H,41,47)(H,43,48)(H,42,44,49)/t23?,30-,36?/m0/s1. The highest BCUT2D eigenvalue weighted by molar-refractivity contribution is 5.86. The van der Waals surface area contributed by atoms with Crippen LogP contribution in [0.1, 0.15) is 56.6 Å². The Labute approximate surface area is 308 Å². The van der Waals surface area contributed by atoms with Crippen molar-refractivity contribution in [1.82, 2.24) is 25.1 Å². The zero-order valence-corrected chi connectivity index (χ0v) is 31.2. The molecule has 2 amide bonds. The predicted molar refractivity (Wildman–Crippen MR) is 204 cm³/mol. The lowest BCUT2D eigenvalue weighted by Crippen LogP contribution is -2.54. The van der Waals surface area contributed by atoms with Gasteiger partial charge in [0.15, 0.2) is 11.5 Å². The number of nitrogens with zero attached hydrogens (tertiary/aromatic N) is 3. The first-order valence-electron chi connectivity index (χ1n) is 18.1. The van der Waals surface area contributed by atoms with Gasteiger partial charge in [-0.2, -0.15) is 0 Å². The second-order valence-corrected chi connectivity index (χ2v) is 13.7. The molecular weight excluding hydrogens is 676 g/mol. The number of aromatic nitrogens is 2. The molecule has 1 saturated heterocycles. The van der Waals surface area contributed by atoms with Crippen LogP contribution >= 0.6 is 0 Å². The number of amides is 2. The van der Waals surface area contributed by atoms with Gasteiger partial charge in [-0.3, -0.25) is 24.1 Å². The third kappa shape index (κ3) is 7.71. The molecule has 4 aromatic rings. The van der Waals surface area contributed by atoms with Crippen LogP contribution < -0.4 is 35.8 Å². The lowest BCUT2D eigenvalue weighted by atomic mass is 9.95. The zero-order valence-electron chi connectivity index (χ0n) is 31.2. The molecule has 0 bridgehead atoms. The van der Waals surface area contributed by atoms with Crippen LogP contribution in [0.25, 0.3) is 22.0 Å². The van der Waals surface area contributed by atoms with Crippen LogP contribution in [0.15, 0.2) is 58.1 Å². The Hall–Kier alpha value is -5.43. The molecule has 1 aliphatic heterocycles. The number of aromatic amines is 1. The van der Waals surface area contributed by atoms with E-state index < -0.39 is 12.1 Å². The molecule has 2 unspecified atom stereocenters. The summed E-state index contributed by atoms with van der Waals surface area (Å²) in [6.07, 6.45) is 1.84. The van der Waals surface area contributed by atoms with Crippen LogP contribution in [0.2, 0.25) is 0 Å². The van der Waals surface area contributed by atoms with Crippen molar-refractivity contribution in [3.8, 4) is 28.4 Å². The molecule has 6 rings (SSSR count). The van der Waals surface area contributed by atoms with Gasteiger partial charge in [0.2, 0.25) is 23.0 Å². The van der Waals surface area contributed by atoms with Crippen molar-refractivity contribution in [2.45, 2.75) is 58.7 Å². The van der Waals surface area contributed by atoms with E-state index in [0.29, 0.717) is 97.1 Å². The summed E-state index contributed by atoms with van der Waals surface area (Å²) in [7, 11) is 4.67. The van der Waals surface area contributed by atoms with Crippen LogP contribution in [-0.2, 0) is 22.6 Å². The van der Waals surface area contributed by atoms with Gasteiger partial charge in [-0.25, -0.2) is 4.98 Å². The van der Waals surface area contributed by atoms with Crippen LogP contribution in [0.5, 0.6) is 17.2 Å². The number of aryl methyl sites for hydroxylation is 1. The van der Waals surface area contributed by atoms with Gasteiger partial charge in [-0.05, 0) is 65.8 Å². The second kappa shape index (κ2) is 16.1. The minimum absolute atomic E-state index is 0.0799. The maximum Gasteiger partial charge on any atom is 0.258 e. The van der Waals surface area contributed by atoms with Gasteiger partial charge in [0.05, 0.1) is 50.5 Å². The number of fused-ring (bicyclic) bond motifs is 4. The fraction of sp³-hybridized carbons (Fsp3) is 0.425. The Balaban J connectivity index is 1.28. The number of para-hydroxylation sites is 1. The molecule has 1 fully saturated rings. The van der Waals surface area contributed by atoms with Gasteiger partial charge in [-0.1, -0.05) is 38.5 Å². The largest absolute Gasteiger partial charge is 0.493 e. The van der Waals surface area contributed by atoms with Crippen molar-refractivity contribution in [2.75, 3.05) is 52.8 Å². The molecule has 3 atom stereocenters. The highest BCUT2D eigenvalue weighted by atomic mass is 16.5. The molecule has 0 radical (unpaired) electrons. The number of piperazine rings is 1. The number of methoxy groups -OCH3 is 3. The van der Waals surface area contributed by atoms with E-state index in [1.54, 1.807) is 39.5 Å². The Bertz CT molecular complexity index is 2130. The zero-order chi connectivity index (χ0) is 37.8. The van der Waals surface area contributed by atoms with E-state index in [-0.39, 0.29) is 34.4 Å². The van der Waals surface area contributed by atoms with E-state index in [1.165, 1.54) is 6.92 Å². The lowest BCUT2D eigenvalue weighted by Gasteiger charge is -2.37. The molecule has 1 aromatic heterocycles. The maximum atomic E-state index is 14.2. The molecule has 13 heteroatoms. The molecule has 0 spiro atoms. The van der Waals surface area contributed by atoms with Crippen LogP contribution in [0.4, 0.5) is 5.69 Å². The number of hydrogen-bond donors (Lipinski definition) is 3. The number of H-pyrrole nitrogens is 1. The summed E-state index contributed by atoms with van der Waals surface area (Å²) in [5.41, 5.74) is 3.51. The summed E-state index contributed by atoms with van der Waals surface area (Å²) in [5, 5.41) is 6.94. The Kier molecular flexibility index (Phi) is 11.3. The third-order valence-electron chi connectivity index (χ3n) is 10.4. The van der Waals surface area contributed by atoms with Crippen molar-refractivity contribution < 1.29 is 23.8 Å². The highest BCUT2D eigenvalue weighted by Crippen LogP contribution is 2.50. The molecule has 3 N–H and O–H groups in total. The van der Waals surface area contributed by atoms with E-state index >= 15 is 0 Å². The number of carbonyl (C=O) groups is 2. The van der Waals surface area contributed by atoms with Crippen LogP contribution in [-0.4, -0.2) is 85.1 Å². The number of nitrogens with one attached hydrogen (secondary N) is 3. The first-order valence-corrected chi connectivity index (χ1v) is 18.1. The molecule has 13 nitrogen and oxygen atoms in total. The van der Waals surface area contributed by atoms with E-state index in [9.17, 15) is 19.2 Å². The summed E-state index contributed by atoms with van der Waals surface area (Å²) in [4.78, 5) is 64.8. The SMILES string of the molecule is CCC(C)C(Nc1ccc2c(cc1=O)[C@@H](NC(C)=O)CCc1cc(OC)c(OC)c(OC)c1-2)C(=O)N1CCN(Cc2nc3ccccc3c(=O)[nH]2)CC1. The molecule has 53 heavy (non-hydrogen) atoms. The quantitative estimate of drug-likeness (QED) is 0.204. The normalized spacial score (nSPS) is 16.8. The highest BCUT2D eigenvalue weighted by Gasteiger charge is 2.33. The van der Waals surface area contributed by atoms with E-state index in [1.807, 2.05) is 49.1 Å². The predicted octanol–water partition coefficient (Wildman–Crippen LogP) is 4.27. The molecule has 280 valence electrons. The number of anilines is 1. The summed E-state index contributed by atoms with van der Waals surface area (Å²) in [5.74, 6) is 1.62. The van der Waals surface area contributed by atoms with Gasteiger partial charge in [0.1, 0.15) is 11.9 Å². The number of carbonyl (C=O) groups excluding carboxylic acids is 2. The van der Waals surface area contributed by atoms with Crippen molar-refractivity contribution >= 4 is 28.4 Å². The molecule has 0 saturated carbocycles. The van der Waals surface area contributed by atoms with Gasteiger partial charge in [0.25, 0.3) is 5.56 Å². The first-order chi connectivity index (χ1) is 25.6. The summed E-state index contributed by atoms with van der Waals surface area (Å²) in [6, 6.07) is 13.2. The lowest BCUT2D eigenvalue weighted by molar-refractivity contribution is -0.135. The van der Waals surface area contributed by atoms with Crippen LogP contribution in [0.3, 0.4) is 0 Å². The smallest absolute Gasteiger partial charge is 0.258 e. The van der Waals surface area contributed by atoms with Gasteiger partial charge in [0, 0.05) is 38.7 Å². The maximum absolute atomic E-state index is 14.2. The molecule has 2 heterocycles. The first kappa shape index (κ1) is 37.3. The number of rotatable bonds is 11. The number of benzene rings is 2. The number of hydrogen-bond acceptors (Lipinski definition) is 10. The fourth-order valence-electron chi connectivity index (χ4n) is 7.42. The van der Waals surface area contributed by atoms with E-state index in [4.69, 9.17) is 14.2 Å². The summed E-state index contributed by atoms with van der Waals surface area (Å²) < 4.78 is 17.3. The molecular formula is C40H48N6O7. The van der Waals surface area contributed by atoms with Crippen molar-refractivity contribution in [3.63, 3.8) is 0 Å². The fourth-order valence-corrected chi connectivity index (χ4v) is 7.42. The third-order valence-corrected chi connectivity index (χ3v) is 10.4. The van der Waals surface area contributed by atoms with Gasteiger partial charge in [-0.15, -0.1) is 0 Å². The molecule has 3 aromatic carbocycles. The average molecular weight is 725 g/mol. The van der Waals surface area contributed by atoms with Crippen molar-refractivity contribution in [1.29, 1.82) is 0 Å². The molecule has 2 aliphatic rings. The van der Waals surface area contributed by atoms with Crippen molar-refractivity contribution in [3.05, 3.63) is 86.1 Å². The topological polar surface area (TPSA) is 155 Å². The Morgan fingerprint density at radius 1 is 0.981 bits per heavy atom.